The van der Waals surface area contributed by atoms with Crippen LogP contribution in [0.2, 0.25) is 10.0 Å². The van der Waals surface area contributed by atoms with Gasteiger partial charge in [-0.25, -0.2) is 4.68 Å². The lowest BCUT2D eigenvalue weighted by molar-refractivity contribution is 0.102. The molecular weight excluding hydrogens is 405 g/mol. The third-order valence-electron chi connectivity index (χ3n) is 4.45. The van der Waals surface area contributed by atoms with Crippen molar-refractivity contribution in [1.82, 2.24) is 9.78 Å². The summed E-state index contributed by atoms with van der Waals surface area (Å²) >= 11 is 12.0. The second-order valence-electron chi connectivity index (χ2n) is 6.57. The van der Waals surface area contributed by atoms with Crippen LogP contribution in [0.4, 0.5) is 5.69 Å². The molecule has 0 saturated carbocycles. The number of benzene rings is 3. The van der Waals surface area contributed by atoms with Crippen molar-refractivity contribution in [2.24, 2.45) is 0 Å². The SMILES string of the molecule is Cc1cc(-c2ccccc2)n(-c2ccc(C(=O)Nc3ccc(Cl)cc3Cl)cc2)n1. The van der Waals surface area contributed by atoms with E-state index in [2.05, 4.69) is 10.4 Å². The Hall–Kier alpha value is -3.08. The monoisotopic (exact) mass is 421 g/mol. The maximum absolute atomic E-state index is 12.6. The molecular formula is C23H17Cl2N3O. The van der Waals surface area contributed by atoms with Crippen LogP contribution in [-0.4, -0.2) is 15.7 Å². The molecule has 4 nitrogen and oxygen atoms in total. The number of carbonyl (C=O) groups is 1. The summed E-state index contributed by atoms with van der Waals surface area (Å²) in [6.45, 7) is 1.96. The van der Waals surface area contributed by atoms with Crippen LogP contribution in [0.5, 0.6) is 0 Å². The summed E-state index contributed by atoms with van der Waals surface area (Å²) in [4.78, 5) is 12.6. The molecule has 6 heteroatoms. The van der Waals surface area contributed by atoms with Crippen molar-refractivity contribution >= 4 is 34.8 Å². The van der Waals surface area contributed by atoms with Crippen LogP contribution < -0.4 is 5.32 Å². The fourth-order valence-electron chi connectivity index (χ4n) is 3.05. The maximum Gasteiger partial charge on any atom is 0.255 e. The molecule has 144 valence electrons. The Bertz CT molecular complexity index is 1170. The molecule has 0 radical (unpaired) electrons. The van der Waals surface area contributed by atoms with E-state index < -0.39 is 0 Å². The quantitative estimate of drug-likeness (QED) is 0.413. The molecule has 0 saturated heterocycles. The van der Waals surface area contributed by atoms with Crippen molar-refractivity contribution in [1.29, 1.82) is 0 Å². The minimum Gasteiger partial charge on any atom is -0.321 e. The van der Waals surface area contributed by atoms with E-state index in [4.69, 9.17) is 23.2 Å². The van der Waals surface area contributed by atoms with Gasteiger partial charge in [-0.05, 0) is 55.5 Å². The average molecular weight is 422 g/mol. The Morgan fingerprint density at radius 2 is 1.66 bits per heavy atom. The third-order valence-corrected chi connectivity index (χ3v) is 5.00. The first-order valence-electron chi connectivity index (χ1n) is 9.00. The molecule has 1 heterocycles. The fraction of sp³-hybridized carbons (Fsp3) is 0.0435. The molecule has 0 bridgehead atoms. The van der Waals surface area contributed by atoms with E-state index in [-0.39, 0.29) is 5.91 Å². The smallest absolute Gasteiger partial charge is 0.255 e. The average Bonchev–Trinajstić information content (AvgIpc) is 3.12. The third kappa shape index (κ3) is 4.19. The molecule has 4 aromatic rings. The Kier molecular flexibility index (Phi) is 5.38. The Balaban J connectivity index is 1.60. The first-order chi connectivity index (χ1) is 14.0. The molecule has 1 amide bonds. The summed E-state index contributed by atoms with van der Waals surface area (Å²) in [6, 6.07) is 24.3. The zero-order valence-electron chi connectivity index (χ0n) is 15.6. The number of carbonyl (C=O) groups excluding carboxylic acids is 1. The molecule has 1 N–H and O–H groups in total. The molecule has 0 unspecified atom stereocenters. The van der Waals surface area contributed by atoms with Crippen LogP contribution in [0, 0.1) is 6.92 Å². The molecule has 0 aliphatic carbocycles. The predicted octanol–water partition coefficient (Wildman–Crippen LogP) is 6.41. The number of halogens is 2. The highest BCUT2D eigenvalue weighted by molar-refractivity contribution is 6.36. The van der Waals surface area contributed by atoms with Crippen molar-refractivity contribution in [2.75, 3.05) is 5.32 Å². The van der Waals surface area contributed by atoms with Crippen molar-refractivity contribution in [3.63, 3.8) is 0 Å². The van der Waals surface area contributed by atoms with E-state index in [1.54, 1.807) is 30.3 Å². The standard InChI is InChI=1S/C23H17Cl2N3O/c1-15-13-22(16-5-3-2-4-6-16)28(27-15)19-10-7-17(8-11-19)23(29)26-21-12-9-18(24)14-20(21)25/h2-14H,1H3,(H,26,29). The molecule has 0 spiro atoms. The lowest BCUT2D eigenvalue weighted by atomic mass is 10.1. The number of rotatable bonds is 4. The van der Waals surface area contributed by atoms with Gasteiger partial charge >= 0.3 is 0 Å². The van der Waals surface area contributed by atoms with Crippen LogP contribution in [0.3, 0.4) is 0 Å². The molecule has 0 aliphatic heterocycles. The van der Waals surface area contributed by atoms with Crippen LogP contribution in [0.25, 0.3) is 16.9 Å². The summed E-state index contributed by atoms with van der Waals surface area (Å²) in [5, 5.41) is 8.31. The van der Waals surface area contributed by atoms with Crippen molar-refractivity contribution in [3.8, 4) is 16.9 Å². The number of aryl methyl sites for hydroxylation is 1. The lowest BCUT2D eigenvalue weighted by Gasteiger charge is -2.10. The van der Waals surface area contributed by atoms with Gasteiger partial charge in [-0.2, -0.15) is 5.10 Å². The zero-order valence-corrected chi connectivity index (χ0v) is 17.1. The van der Waals surface area contributed by atoms with Gasteiger partial charge in [0.05, 0.1) is 27.8 Å². The minimum absolute atomic E-state index is 0.249. The van der Waals surface area contributed by atoms with E-state index >= 15 is 0 Å². The molecule has 29 heavy (non-hydrogen) atoms. The van der Waals surface area contributed by atoms with Gasteiger partial charge in [-0.3, -0.25) is 4.79 Å². The normalized spacial score (nSPS) is 10.7. The van der Waals surface area contributed by atoms with Gasteiger partial charge in [0.2, 0.25) is 0 Å². The Labute approximate surface area is 178 Å². The fourth-order valence-corrected chi connectivity index (χ4v) is 3.51. The van der Waals surface area contributed by atoms with Crippen molar-refractivity contribution in [2.45, 2.75) is 6.92 Å². The largest absolute Gasteiger partial charge is 0.321 e. The van der Waals surface area contributed by atoms with Gasteiger partial charge in [0, 0.05) is 16.1 Å². The van der Waals surface area contributed by atoms with Gasteiger partial charge in [0.1, 0.15) is 0 Å². The van der Waals surface area contributed by atoms with Crippen LogP contribution in [-0.2, 0) is 0 Å². The van der Waals surface area contributed by atoms with Gasteiger partial charge in [0.15, 0.2) is 0 Å². The number of hydrogen-bond acceptors (Lipinski definition) is 2. The number of hydrogen-bond donors (Lipinski definition) is 1. The molecule has 0 fully saturated rings. The van der Waals surface area contributed by atoms with E-state index in [0.29, 0.717) is 21.3 Å². The molecule has 3 aromatic carbocycles. The van der Waals surface area contributed by atoms with Gasteiger partial charge < -0.3 is 5.32 Å². The Morgan fingerprint density at radius 3 is 2.34 bits per heavy atom. The highest BCUT2D eigenvalue weighted by Gasteiger charge is 2.12. The van der Waals surface area contributed by atoms with Crippen LogP contribution in [0.15, 0.2) is 78.9 Å². The molecule has 0 atom stereocenters. The highest BCUT2D eigenvalue weighted by Crippen LogP contribution is 2.27. The van der Waals surface area contributed by atoms with Gasteiger partial charge in [-0.1, -0.05) is 53.5 Å². The maximum atomic E-state index is 12.6. The second-order valence-corrected chi connectivity index (χ2v) is 7.42. The number of anilines is 1. The number of nitrogens with zero attached hydrogens (tertiary/aromatic N) is 2. The van der Waals surface area contributed by atoms with Gasteiger partial charge in [0.25, 0.3) is 5.91 Å². The summed E-state index contributed by atoms with van der Waals surface area (Å²) in [5.74, 6) is -0.249. The summed E-state index contributed by atoms with van der Waals surface area (Å²) < 4.78 is 1.88. The lowest BCUT2D eigenvalue weighted by Crippen LogP contribution is -2.12. The van der Waals surface area contributed by atoms with E-state index in [0.717, 1.165) is 22.6 Å². The first kappa shape index (κ1) is 19.2. The second kappa shape index (κ2) is 8.11. The predicted molar refractivity (Wildman–Crippen MR) is 118 cm³/mol. The highest BCUT2D eigenvalue weighted by atomic mass is 35.5. The zero-order chi connectivity index (χ0) is 20.4. The van der Waals surface area contributed by atoms with E-state index in [1.807, 2.05) is 60.1 Å². The van der Waals surface area contributed by atoms with Crippen LogP contribution in [0.1, 0.15) is 16.1 Å². The summed E-state index contributed by atoms with van der Waals surface area (Å²) in [5.41, 5.74) is 4.89. The first-order valence-corrected chi connectivity index (χ1v) is 9.76. The molecule has 4 rings (SSSR count). The van der Waals surface area contributed by atoms with Gasteiger partial charge in [-0.15, -0.1) is 0 Å². The van der Waals surface area contributed by atoms with Crippen molar-refractivity contribution < 1.29 is 4.79 Å². The topological polar surface area (TPSA) is 46.9 Å². The Morgan fingerprint density at radius 1 is 0.931 bits per heavy atom. The number of aromatic nitrogens is 2. The number of nitrogens with one attached hydrogen (secondary N) is 1. The van der Waals surface area contributed by atoms with Crippen LogP contribution >= 0.6 is 23.2 Å². The van der Waals surface area contributed by atoms with Crippen molar-refractivity contribution in [3.05, 3.63) is 100 Å². The van der Waals surface area contributed by atoms with E-state index in [9.17, 15) is 4.79 Å². The summed E-state index contributed by atoms with van der Waals surface area (Å²) in [7, 11) is 0. The minimum atomic E-state index is -0.249. The van der Waals surface area contributed by atoms with E-state index in [1.165, 1.54) is 0 Å². The molecule has 1 aromatic heterocycles. The number of amides is 1. The summed E-state index contributed by atoms with van der Waals surface area (Å²) in [6.07, 6.45) is 0. The molecule has 0 aliphatic rings.